The third kappa shape index (κ3) is 2.61. The lowest BCUT2D eigenvalue weighted by Crippen LogP contribution is -2.52. The molecule has 0 atom stereocenters. The van der Waals surface area contributed by atoms with E-state index in [-0.39, 0.29) is 17.8 Å². The molecule has 21 heavy (non-hydrogen) atoms. The predicted octanol–water partition coefficient (Wildman–Crippen LogP) is 3.49. The molecule has 0 bridgehead atoms. The highest BCUT2D eigenvalue weighted by Crippen LogP contribution is 2.39. The van der Waals surface area contributed by atoms with Gasteiger partial charge in [-0.05, 0) is 50.9 Å². The minimum Gasteiger partial charge on any atom is -0.297 e. The molecule has 2 nitrogen and oxygen atoms in total. The van der Waals surface area contributed by atoms with Crippen molar-refractivity contribution < 1.29 is 13.6 Å². The van der Waals surface area contributed by atoms with E-state index >= 15 is 0 Å². The number of Topliss-reactive ketones (excluding diaryl/α,β-unsaturated/α-hetero) is 1. The summed E-state index contributed by atoms with van der Waals surface area (Å²) < 4.78 is 27.6. The number of hydrogen-bond donors (Lipinski definition) is 0. The zero-order valence-electron chi connectivity index (χ0n) is 12.2. The Balaban J connectivity index is 1.85. The van der Waals surface area contributed by atoms with Gasteiger partial charge in [-0.2, -0.15) is 0 Å². The second-order valence-electron chi connectivity index (χ2n) is 6.23. The number of ketones is 1. The van der Waals surface area contributed by atoms with Crippen molar-refractivity contribution >= 4 is 5.78 Å². The number of hydrogen-bond acceptors (Lipinski definition) is 2. The molecule has 1 saturated heterocycles. The lowest BCUT2D eigenvalue weighted by molar-refractivity contribution is -0.130. The van der Waals surface area contributed by atoms with E-state index in [2.05, 4.69) is 4.90 Å². The van der Waals surface area contributed by atoms with Crippen LogP contribution in [0.15, 0.2) is 18.2 Å². The maximum absolute atomic E-state index is 13.8. The van der Waals surface area contributed by atoms with Gasteiger partial charge >= 0.3 is 0 Å². The van der Waals surface area contributed by atoms with Gasteiger partial charge in [-0.1, -0.05) is 18.9 Å². The fraction of sp³-hybridized carbons (Fsp3) is 0.588. The average Bonchev–Trinajstić information content (AvgIpc) is 3.13. The summed E-state index contributed by atoms with van der Waals surface area (Å²) in [5.41, 5.74) is -0.543. The summed E-state index contributed by atoms with van der Waals surface area (Å²) >= 11 is 0. The van der Waals surface area contributed by atoms with Crippen LogP contribution in [0.1, 0.15) is 44.1 Å². The second kappa shape index (κ2) is 5.84. The summed E-state index contributed by atoms with van der Waals surface area (Å²) in [4.78, 5) is 15.1. The molecule has 0 amide bonds. The van der Waals surface area contributed by atoms with Crippen LogP contribution in [0.25, 0.3) is 0 Å². The molecule has 1 heterocycles. The molecule has 0 N–H and O–H groups in total. The van der Waals surface area contributed by atoms with Gasteiger partial charge in [0, 0.05) is 12.0 Å². The Morgan fingerprint density at radius 3 is 2.19 bits per heavy atom. The Morgan fingerprint density at radius 1 is 1.05 bits per heavy atom. The van der Waals surface area contributed by atoms with E-state index in [1.807, 2.05) is 0 Å². The molecule has 2 fully saturated rings. The molecule has 1 aliphatic heterocycles. The van der Waals surface area contributed by atoms with E-state index < -0.39 is 17.2 Å². The maximum atomic E-state index is 13.8. The highest BCUT2D eigenvalue weighted by molar-refractivity contribution is 5.90. The number of rotatable bonds is 4. The van der Waals surface area contributed by atoms with Gasteiger partial charge in [-0.3, -0.25) is 9.69 Å². The van der Waals surface area contributed by atoms with Gasteiger partial charge in [0.25, 0.3) is 0 Å². The van der Waals surface area contributed by atoms with E-state index in [0.29, 0.717) is 0 Å². The normalized spacial score (nSPS) is 21.8. The van der Waals surface area contributed by atoms with E-state index in [1.54, 1.807) is 0 Å². The van der Waals surface area contributed by atoms with Crippen molar-refractivity contribution in [3.05, 3.63) is 35.4 Å². The molecule has 4 heteroatoms. The Kier molecular flexibility index (Phi) is 4.07. The highest BCUT2D eigenvalue weighted by atomic mass is 19.1. The van der Waals surface area contributed by atoms with E-state index in [4.69, 9.17) is 0 Å². The number of halogens is 2. The Labute approximate surface area is 124 Å². The van der Waals surface area contributed by atoms with Crippen LogP contribution in [-0.4, -0.2) is 29.3 Å². The first kappa shape index (κ1) is 14.6. The molecular formula is C17H21F2NO. The van der Waals surface area contributed by atoms with E-state index in [0.717, 1.165) is 51.6 Å². The minimum absolute atomic E-state index is 0.00843. The molecule has 1 aliphatic carbocycles. The lowest BCUT2D eigenvalue weighted by Gasteiger charge is -2.37. The quantitative estimate of drug-likeness (QED) is 0.847. The van der Waals surface area contributed by atoms with Crippen molar-refractivity contribution in [3.63, 3.8) is 0 Å². The van der Waals surface area contributed by atoms with E-state index in [9.17, 15) is 13.6 Å². The van der Waals surface area contributed by atoms with Crippen LogP contribution in [0.2, 0.25) is 0 Å². The van der Waals surface area contributed by atoms with Crippen LogP contribution in [0.4, 0.5) is 8.78 Å². The molecule has 0 unspecified atom stereocenters. The number of benzene rings is 1. The van der Waals surface area contributed by atoms with Crippen LogP contribution in [-0.2, 0) is 11.2 Å². The van der Waals surface area contributed by atoms with Crippen molar-refractivity contribution in [2.45, 2.75) is 50.5 Å². The summed E-state index contributed by atoms with van der Waals surface area (Å²) in [6.45, 7) is 1.87. The van der Waals surface area contributed by atoms with Gasteiger partial charge < -0.3 is 0 Å². The molecule has 0 aromatic heterocycles. The van der Waals surface area contributed by atoms with Gasteiger partial charge in [0.05, 0.1) is 5.54 Å². The second-order valence-corrected chi connectivity index (χ2v) is 6.23. The van der Waals surface area contributed by atoms with Crippen LogP contribution in [0.3, 0.4) is 0 Å². The molecule has 0 radical (unpaired) electrons. The number of nitrogens with zero attached hydrogens (tertiary/aromatic N) is 1. The summed E-state index contributed by atoms with van der Waals surface area (Å²) in [6, 6.07) is 3.79. The van der Waals surface area contributed by atoms with Crippen LogP contribution >= 0.6 is 0 Å². The summed E-state index contributed by atoms with van der Waals surface area (Å²) in [5, 5.41) is 0. The van der Waals surface area contributed by atoms with Crippen molar-refractivity contribution in [1.82, 2.24) is 4.90 Å². The van der Waals surface area contributed by atoms with Crippen LogP contribution in [0, 0.1) is 11.6 Å². The topological polar surface area (TPSA) is 20.3 Å². The minimum atomic E-state index is -0.613. The molecule has 2 aliphatic rings. The number of likely N-dealkylation sites (tertiary alicyclic amines) is 1. The van der Waals surface area contributed by atoms with E-state index in [1.165, 1.54) is 18.2 Å². The molecule has 0 spiro atoms. The monoisotopic (exact) mass is 293 g/mol. The molecule has 1 aromatic carbocycles. The Hall–Kier alpha value is -1.29. The largest absolute Gasteiger partial charge is 0.297 e. The summed E-state index contributed by atoms with van der Waals surface area (Å²) in [7, 11) is 0. The fourth-order valence-electron chi connectivity index (χ4n) is 3.90. The first-order chi connectivity index (χ1) is 10.1. The van der Waals surface area contributed by atoms with Crippen LogP contribution in [0.5, 0.6) is 0 Å². The van der Waals surface area contributed by atoms with Crippen molar-refractivity contribution in [3.8, 4) is 0 Å². The average molecular weight is 293 g/mol. The first-order valence-corrected chi connectivity index (χ1v) is 7.85. The van der Waals surface area contributed by atoms with Gasteiger partial charge in [0.2, 0.25) is 0 Å². The third-order valence-corrected chi connectivity index (χ3v) is 5.06. The van der Waals surface area contributed by atoms with Gasteiger partial charge in [-0.15, -0.1) is 0 Å². The Bertz CT molecular complexity index is 511. The zero-order chi connectivity index (χ0) is 14.9. The van der Waals surface area contributed by atoms with Crippen molar-refractivity contribution in [2.75, 3.05) is 13.1 Å². The highest BCUT2D eigenvalue weighted by Gasteiger charge is 2.46. The SMILES string of the molecule is O=C(Cc1c(F)cccc1F)C1(N2CCCC2)CCCC1. The van der Waals surface area contributed by atoms with Crippen LogP contribution < -0.4 is 0 Å². The predicted molar refractivity (Wildman–Crippen MR) is 77.1 cm³/mol. The standard InChI is InChI=1S/C17H21F2NO/c18-14-6-5-7-15(19)13(14)12-16(21)17(8-1-2-9-17)20-10-3-4-11-20/h5-7H,1-4,8-12H2. The van der Waals surface area contributed by atoms with Crippen molar-refractivity contribution in [2.24, 2.45) is 0 Å². The third-order valence-electron chi connectivity index (χ3n) is 5.06. The lowest BCUT2D eigenvalue weighted by atomic mass is 9.86. The maximum Gasteiger partial charge on any atom is 0.157 e. The summed E-state index contributed by atoms with van der Waals surface area (Å²) in [6.07, 6.45) is 5.83. The molecule has 3 rings (SSSR count). The molecule has 114 valence electrons. The van der Waals surface area contributed by atoms with Crippen molar-refractivity contribution in [1.29, 1.82) is 0 Å². The number of carbonyl (C=O) groups excluding carboxylic acids is 1. The summed E-state index contributed by atoms with van der Waals surface area (Å²) in [5.74, 6) is -1.23. The smallest absolute Gasteiger partial charge is 0.157 e. The molecule has 1 saturated carbocycles. The first-order valence-electron chi connectivity index (χ1n) is 7.85. The zero-order valence-corrected chi connectivity index (χ0v) is 12.2. The van der Waals surface area contributed by atoms with Gasteiger partial charge in [0.15, 0.2) is 5.78 Å². The van der Waals surface area contributed by atoms with Gasteiger partial charge in [-0.25, -0.2) is 8.78 Å². The fourth-order valence-corrected chi connectivity index (χ4v) is 3.90. The molecule has 1 aromatic rings. The molecular weight excluding hydrogens is 272 g/mol. The Morgan fingerprint density at radius 2 is 1.62 bits per heavy atom. The number of carbonyl (C=O) groups is 1. The van der Waals surface area contributed by atoms with Gasteiger partial charge in [0.1, 0.15) is 11.6 Å².